The van der Waals surface area contributed by atoms with Gasteiger partial charge in [-0.2, -0.15) is 5.10 Å². The van der Waals surface area contributed by atoms with Crippen molar-refractivity contribution in [1.29, 1.82) is 0 Å². The number of benzene rings is 2. The maximum Gasteiger partial charge on any atom is 0.244 e. The van der Waals surface area contributed by atoms with Gasteiger partial charge >= 0.3 is 0 Å². The molecule has 6 heteroatoms. The van der Waals surface area contributed by atoms with Crippen molar-refractivity contribution in [3.05, 3.63) is 83.2 Å². The molecule has 0 aliphatic carbocycles. The summed E-state index contributed by atoms with van der Waals surface area (Å²) in [4.78, 5) is 14.6. The van der Waals surface area contributed by atoms with Crippen molar-refractivity contribution >= 4 is 12.0 Å². The number of carbonyl (C=O) groups is 1. The standard InChI is InChI=1S/C25H30N4O2/c1-18-21(19(2)29(27-18)20-11-7-6-8-12-20)15-16-25(30)26-17-23(28(3)4)22-13-9-10-14-24(22)31-5/h6-16,23H,17H2,1-5H3,(H,26,30)/b16-15+/t23-/m0/s1. The van der Waals surface area contributed by atoms with E-state index in [2.05, 4.69) is 15.3 Å². The largest absolute Gasteiger partial charge is 0.496 e. The molecule has 0 spiro atoms. The molecule has 3 rings (SSSR count). The second-order valence-electron chi connectivity index (χ2n) is 7.63. The number of aromatic nitrogens is 2. The summed E-state index contributed by atoms with van der Waals surface area (Å²) in [6.07, 6.45) is 3.40. The molecule has 6 nitrogen and oxygen atoms in total. The number of hydrogen-bond acceptors (Lipinski definition) is 4. The highest BCUT2D eigenvalue weighted by atomic mass is 16.5. The van der Waals surface area contributed by atoms with E-state index in [9.17, 15) is 4.79 Å². The summed E-state index contributed by atoms with van der Waals surface area (Å²) in [5, 5.41) is 7.64. The lowest BCUT2D eigenvalue weighted by molar-refractivity contribution is -0.116. The molecule has 0 bridgehead atoms. The Labute approximate surface area is 184 Å². The quantitative estimate of drug-likeness (QED) is 0.563. The van der Waals surface area contributed by atoms with Gasteiger partial charge in [-0.1, -0.05) is 36.4 Å². The van der Waals surface area contributed by atoms with E-state index in [-0.39, 0.29) is 11.9 Å². The van der Waals surface area contributed by atoms with Gasteiger partial charge in [-0.25, -0.2) is 4.68 Å². The molecule has 0 saturated heterocycles. The zero-order chi connectivity index (χ0) is 22.4. The third-order valence-electron chi connectivity index (χ3n) is 5.34. The SMILES string of the molecule is COc1ccccc1[C@H](CNC(=O)/C=C/c1c(C)nn(-c2ccccc2)c1C)N(C)C. The highest BCUT2D eigenvalue weighted by molar-refractivity contribution is 5.92. The maximum absolute atomic E-state index is 12.6. The number of aryl methyl sites for hydroxylation is 1. The first kappa shape index (κ1) is 22.3. The monoisotopic (exact) mass is 418 g/mol. The molecule has 0 radical (unpaired) electrons. The second kappa shape index (κ2) is 10.1. The number of hydrogen-bond donors (Lipinski definition) is 1. The van der Waals surface area contributed by atoms with Crippen LogP contribution in [0.1, 0.15) is 28.6 Å². The fraction of sp³-hybridized carbons (Fsp3) is 0.280. The Balaban J connectivity index is 1.71. The van der Waals surface area contributed by atoms with Gasteiger partial charge in [-0.15, -0.1) is 0 Å². The van der Waals surface area contributed by atoms with Gasteiger partial charge in [0.2, 0.25) is 5.91 Å². The molecule has 0 aliphatic rings. The minimum atomic E-state index is -0.145. The van der Waals surface area contributed by atoms with Crippen LogP contribution in [-0.2, 0) is 4.79 Å². The van der Waals surface area contributed by atoms with E-state index in [1.165, 1.54) is 0 Å². The topological polar surface area (TPSA) is 59.4 Å². The van der Waals surface area contributed by atoms with Crippen LogP contribution >= 0.6 is 0 Å². The minimum Gasteiger partial charge on any atom is -0.496 e. The lowest BCUT2D eigenvalue weighted by atomic mass is 10.0. The summed E-state index contributed by atoms with van der Waals surface area (Å²) in [6, 6.07) is 17.8. The zero-order valence-corrected chi connectivity index (χ0v) is 18.8. The van der Waals surface area contributed by atoms with Crippen LogP contribution in [0, 0.1) is 13.8 Å². The Kier molecular flexibility index (Phi) is 7.26. The zero-order valence-electron chi connectivity index (χ0n) is 18.8. The summed E-state index contributed by atoms with van der Waals surface area (Å²) in [7, 11) is 5.64. The number of para-hydroxylation sites is 2. The average molecular weight is 419 g/mol. The van der Waals surface area contributed by atoms with Crippen LogP contribution in [0.25, 0.3) is 11.8 Å². The van der Waals surface area contributed by atoms with Crippen molar-refractivity contribution in [3.63, 3.8) is 0 Å². The molecule has 1 aromatic heterocycles. The van der Waals surface area contributed by atoms with Crippen LogP contribution in [0.15, 0.2) is 60.7 Å². The van der Waals surface area contributed by atoms with Crippen LogP contribution < -0.4 is 10.1 Å². The third-order valence-corrected chi connectivity index (χ3v) is 5.34. The van der Waals surface area contributed by atoms with E-state index in [1.807, 2.05) is 93.3 Å². The van der Waals surface area contributed by atoms with Gasteiger partial charge in [0.15, 0.2) is 0 Å². The van der Waals surface area contributed by atoms with Crippen molar-refractivity contribution in [1.82, 2.24) is 20.0 Å². The molecule has 1 atom stereocenters. The molecule has 31 heavy (non-hydrogen) atoms. The lowest BCUT2D eigenvalue weighted by Gasteiger charge is -2.26. The van der Waals surface area contributed by atoms with Crippen LogP contribution in [0.5, 0.6) is 5.75 Å². The molecule has 0 saturated carbocycles. The highest BCUT2D eigenvalue weighted by Crippen LogP contribution is 2.27. The average Bonchev–Trinajstić information content (AvgIpc) is 3.06. The van der Waals surface area contributed by atoms with E-state index in [1.54, 1.807) is 13.2 Å². The van der Waals surface area contributed by atoms with Crippen molar-refractivity contribution in [3.8, 4) is 11.4 Å². The van der Waals surface area contributed by atoms with Gasteiger partial charge in [0.25, 0.3) is 0 Å². The van der Waals surface area contributed by atoms with E-state index in [4.69, 9.17) is 4.74 Å². The fourth-order valence-corrected chi connectivity index (χ4v) is 3.64. The van der Waals surface area contributed by atoms with Gasteiger partial charge < -0.3 is 15.0 Å². The molecule has 0 aliphatic heterocycles. The molecule has 0 fully saturated rings. The first-order valence-corrected chi connectivity index (χ1v) is 10.3. The predicted molar refractivity (Wildman–Crippen MR) is 125 cm³/mol. The maximum atomic E-state index is 12.6. The Morgan fingerprint density at radius 2 is 1.81 bits per heavy atom. The number of ether oxygens (including phenoxy) is 1. The number of methoxy groups -OCH3 is 1. The number of nitrogens with one attached hydrogen (secondary N) is 1. The lowest BCUT2D eigenvalue weighted by Crippen LogP contribution is -2.34. The number of rotatable bonds is 8. The molecular weight excluding hydrogens is 388 g/mol. The van der Waals surface area contributed by atoms with Gasteiger partial charge in [-0.3, -0.25) is 4.79 Å². The van der Waals surface area contributed by atoms with Crippen molar-refractivity contribution in [2.24, 2.45) is 0 Å². The Morgan fingerprint density at radius 1 is 1.13 bits per heavy atom. The smallest absolute Gasteiger partial charge is 0.244 e. The van der Waals surface area contributed by atoms with Crippen LogP contribution in [0.3, 0.4) is 0 Å². The molecule has 2 aromatic carbocycles. The second-order valence-corrected chi connectivity index (χ2v) is 7.63. The van der Waals surface area contributed by atoms with Crippen molar-refractivity contribution in [2.75, 3.05) is 27.7 Å². The summed E-state index contributed by atoms with van der Waals surface area (Å²) in [6.45, 7) is 4.43. The van der Waals surface area contributed by atoms with Gasteiger partial charge in [-0.05, 0) is 52.2 Å². The number of amides is 1. The van der Waals surface area contributed by atoms with Crippen LogP contribution in [0.2, 0.25) is 0 Å². The molecular formula is C25H30N4O2. The van der Waals surface area contributed by atoms with E-state index < -0.39 is 0 Å². The van der Waals surface area contributed by atoms with E-state index in [0.29, 0.717) is 6.54 Å². The summed E-state index contributed by atoms with van der Waals surface area (Å²) >= 11 is 0. The van der Waals surface area contributed by atoms with Gasteiger partial charge in [0, 0.05) is 29.4 Å². The van der Waals surface area contributed by atoms with Crippen LogP contribution in [0.4, 0.5) is 0 Å². The normalized spacial score (nSPS) is 12.3. The Morgan fingerprint density at radius 3 is 2.48 bits per heavy atom. The van der Waals surface area contributed by atoms with Crippen molar-refractivity contribution < 1.29 is 9.53 Å². The summed E-state index contributed by atoms with van der Waals surface area (Å²) in [5.41, 5.74) is 4.86. The van der Waals surface area contributed by atoms with Crippen LogP contribution in [-0.4, -0.2) is 48.3 Å². The molecule has 0 unspecified atom stereocenters. The molecule has 1 amide bonds. The number of likely N-dealkylation sites (N-methyl/N-ethyl adjacent to an activating group) is 1. The summed E-state index contributed by atoms with van der Waals surface area (Å²) < 4.78 is 7.39. The number of carbonyl (C=O) groups excluding carboxylic acids is 1. The van der Waals surface area contributed by atoms with Gasteiger partial charge in [0.1, 0.15) is 5.75 Å². The molecule has 1 N–H and O–H groups in total. The Bertz CT molecular complexity index is 1050. The summed E-state index contributed by atoms with van der Waals surface area (Å²) in [5.74, 6) is 0.665. The first-order chi connectivity index (χ1) is 14.9. The van der Waals surface area contributed by atoms with Gasteiger partial charge in [0.05, 0.1) is 24.5 Å². The Hall–Kier alpha value is -3.38. The molecule has 3 aromatic rings. The molecule has 1 heterocycles. The highest BCUT2D eigenvalue weighted by Gasteiger charge is 2.18. The van der Waals surface area contributed by atoms with Crippen molar-refractivity contribution in [2.45, 2.75) is 19.9 Å². The predicted octanol–water partition coefficient (Wildman–Crippen LogP) is 3.93. The number of nitrogens with zero attached hydrogens (tertiary/aromatic N) is 3. The fourth-order valence-electron chi connectivity index (χ4n) is 3.64. The molecule has 162 valence electrons. The minimum absolute atomic E-state index is 0.00203. The first-order valence-electron chi connectivity index (χ1n) is 10.3. The van der Waals surface area contributed by atoms with E-state index in [0.717, 1.165) is 34.0 Å². The van der Waals surface area contributed by atoms with E-state index >= 15 is 0 Å². The third kappa shape index (κ3) is 5.22.